The molecule has 0 atom stereocenters. The van der Waals surface area contributed by atoms with Crippen LogP contribution in [0.3, 0.4) is 0 Å². The van der Waals surface area contributed by atoms with Crippen molar-refractivity contribution >= 4 is 5.91 Å². The predicted octanol–water partition coefficient (Wildman–Crippen LogP) is 2.97. The number of likely N-dealkylation sites (tertiary alicyclic amines) is 1. The predicted molar refractivity (Wildman–Crippen MR) is 81.1 cm³/mol. The average Bonchev–Trinajstić information content (AvgIpc) is 2.81. The minimum atomic E-state index is -0.198. The standard InChI is InChI=1S/C16H30N2O/c1-6-15(2,3)16(4,5)17-14(19)10-9-13-18-11-7-8-12-18/h9-10H,6-8,11-13H2,1-5H3,(H,17,19)/b10-9+. The van der Waals surface area contributed by atoms with Crippen LogP contribution in [0, 0.1) is 5.41 Å². The Balaban J connectivity index is 2.43. The van der Waals surface area contributed by atoms with Gasteiger partial charge in [-0.05, 0) is 51.6 Å². The molecular formula is C16H30N2O. The van der Waals surface area contributed by atoms with Gasteiger partial charge in [-0.1, -0.05) is 26.8 Å². The zero-order valence-electron chi connectivity index (χ0n) is 13.3. The van der Waals surface area contributed by atoms with Gasteiger partial charge < -0.3 is 5.32 Å². The molecule has 0 aromatic heterocycles. The monoisotopic (exact) mass is 266 g/mol. The van der Waals surface area contributed by atoms with E-state index in [1.165, 1.54) is 25.9 Å². The molecule has 0 spiro atoms. The highest BCUT2D eigenvalue weighted by molar-refractivity contribution is 5.88. The summed E-state index contributed by atoms with van der Waals surface area (Å²) in [5.74, 6) is 0.0192. The summed E-state index contributed by atoms with van der Waals surface area (Å²) in [5, 5.41) is 3.13. The van der Waals surface area contributed by atoms with Gasteiger partial charge in [0.2, 0.25) is 5.91 Å². The zero-order valence-corrected chi connectivity index (χ0v) is 13.3. The maximum absolute atomic E-state index is 12.0. The SMILES string of the molecule is CCC(C)(C)C(C)(C)NC(=O)/C=C/CN1CCCC1. The molecule has 0 aliphatic carbocycles. The van der Waals surface area contributed by atoms with Gasteiger partial charge in [0.1, 0.15) is 0 Å². The molecule has 1 aliphatic heterocycles. The molecule has 0 aromatic rings. The van der Waals surface area contributed by atoms with Crippen molar-refractivity contribution in [2.45, 2.75) is 59.4 Å². The normalized spacial score (nSPS) is 18.2. The summed E-state index contributed by atoms with van der Waals surface area (Å²) in [6.45, 7) is 14.0. The zero-order chi connectivity index (χ0) is 14.5. The Labute approximate surface area is 118 Å². The maximum atomic E-state index is 12.0. The number of rotatable bonds is 6. The van der Waals surface area contributed by atoms with Crippen molar-refractivity contribution in [2.75, 3.05) is 19.6 Å². The molecule has 0 aromatic carbocycles. The Morgan fingerprint density at radius 3 is 2.32 bits per heavy atom. The summed E-state index contributed by atoms with van der Waals surface area (Å²) < 4.78 is 0. The van der Waals surface area contributed by atoms with Crippen LogP contribution in [0.5, 0.6) is 0 Å². The topological polar surface area (TPSA) is 32.3 Å². The largest absolute Gasteiger partial charge is 0.347 e. The lowest BCUT2D eigenvalue weighted by molar-refractivity contribution is -0.119. The second kappa shape index (κ2) is 6.56. The second-order valence-electron chi connectivity index (χ2n) is 6.76. The van der Waals surface area contributed by atoms with Crippen molar-refractivity contribution in [1.29, 1.82) is 0 Å². The summed E-state index contributed by atoms with van der Waals surface area (Å²) in [6.07, 6.45) is 7.29. The van der Waals surface area contributed by atoms with Crippen LogP contribution in [0.25, 0.3) is 0 Å². The Hall–Kier alpha value is -0.830. The molecule has 3 heteroatoms. The Bertz CT molecular complexity index is 326. The van der Waals surface area contributed by atoms with E-state index in [2.05, 4.69) is 44.8 Å². The van der Waals surface area contributed by atoms with E-state index in [1.807, 2.05) is 6.08 Å². The number of amides is 1. The minimum Gasteiger partial charge on any atom is -0.347 e. The molecule has 0 unspecified atom stereocenters. The molecule has 0 bridgehead atoms. The van der Waals surface area contributed by atoms with Gasteiger partial charge >= 0.3 is 0 Å². The quantitative estimate of drug-likeness (QED) is 0.750. The fourth-order valence-corrected chi connectivity index (χ4v) is 2.23. The molecule has 19 heavy (non-hydrogen) atoms. The fourth-order valence-electron chi connectivity index (χ4n) is 2.23. The Morgan fingerprint density at radius 2 is 1.79 bits per heavy atom. The van der Waals surface area contributed by atoms with Gasteiger partial charge in [-0.2, -0.15) is 0 Å². The summed E-state index contributed by atoms with van der Waals surface area (Å²) >= 11 is 0. The van der Waals surface area contributed by atoms with Crippen LogP contribution in [0.2, 0.25) is 0 Å². The molecule has 0 saturated carbocycles. The van der Waals surface area contributed by atoms with Crippen LogP contribution in [-0.4, -0.2) is 36.0 Å². The lowest BCUT2D eigenvalue weighted by Gasteiger charge is -2.41. The van der Waals surface area contributed by atoms with Crippen LogP contribution in [0.15, 0.2) is 12.2 Å². The van der Waals surface area contributed by atoms with Crippen molar-refractivity contribution in [3.63, 3.8) is 0 Å². The second-order valence-corrected chi connectivity index (χ2v) is 6.76. The molecule has 1 rings (SSSR count). The first kappa shape index (κ1) is 16.2. The van der Waals surface area contributed by atoms with Gasteiger partial charge in [-0.3, -0.25) is 9.69 Å². The van der Waals surface area contributed by atoms with Crippen LogP contribution < -0.4 is 5.32 Å². The minimum absolute atomic E-state index is 0.0192. The van der Waals surface area contributed by atoms with Crippen LogP contribution in [0.4, 0.5) is 0 Å². The summed E-state index contributed by atoms with van der Waals surface area (Å²) in [7, 11) is 0. The van der Waals surface area contributed by atoms with E-state index < -0.39 is 0 Å². The van der Waals surface area contributed by atoms with E-state index in [1.54, 1.807) is 6.08 Å². The first-order chi connectivity index (χ1) is 8.78. The third-order valence-corrected chi connectivity index (χ3v) is 4.84. The molecule has 0 radical (unpaired) electrons. The molecule has 110 valence electrons. The maximum Gasteiger partial charge on any atom is 0.244 e. The van der Waals surface area contributed by atoms with E-state index in [0.717, 1.165) is 13.0 Å². The van der Waals surface area contributed by atoms with Gasteiger partial charge in [0, 0.05) is 18.2 Å². The van der Waals surface area contributed by atoms with Gasteiger partial charge in [0.05, 0.1) is 0 Å². The average molecular weight is 266 g/mol. The molecule has 3 nitrogen and oxygen atoms in total. The van der Waals surface area contributed by atoms with Crippen LogP contribution in [0.1, 0.15) is 53.9 Å². The lowest BCUT2D eigenvalue weighted by atomic mass is 9.72. The van der Waals surface area contributed by atoms with Crippen molar-refractivity contribution in [1.82, 2.24) is 10.2 Å². The highest BCUT2D eigenvalue weighted by Gasteiger charge is 2.36. The van der Waals surface area contributed by atoms with E-state index in [9.17, 15) is 4.79 Å². The molecule has 1 aliphatic rings. The van der Waals surface area contributed by atoms with Gasteiger partial charge in [0.15, 0.2) is 0 Å². The van der Waals surface area contributed by atoms with E-state index in [-0.39, 0.29) is 16.9 Å². The molecule has 1 fully saturated rings. The summed E-state index contributed by atoms with van der Waals surface area (Å²) in [6, 6.07) is 0. The van der Waals surface area contributed by atoms with Crippen molar-refractivity contribution in [2.24, 2.45) is 5.41 Å². The van der Waals surface area contributed by atoms with Gasteiger partial charge in [0.25, 0.3) is 0 Å². The number of hydrogen-bond donors (Lipinski definition) is 1. The van der Waals surface area contributed by atoms with E-state index in [0.29, 0.717) is 0 Å². The number of hydrogen-bond acceptors (Lipinski definition) is 2. The number of carbonyl (C=O) groups excluding carboxylic acids is 1. The molecular weight excluding hydrogens is 236 g/mol. The third kappa shape index (κ3) is 4.64. The molecule has 1 heterocycles. The molecule has 1 saturated heterocycles. The summed E-state index contributed by atoms with van der Waals surface area (Å²) in [5.41, 5.74) is -0.109. The van der Waals surface area contributed by atoms with Crippen LogP contribution >= 0.6 is 0 Å². The lowest BCUT2D eigenvalue weighted by Crippen LogP contribution is -2.53. The molecule has 1 N–H and O–H groups in total. The van der Waals surface area contributed by atoms with Crippen molar-refractivity contribution in [3.05, 3.63) is 12.2 Å². The Kier molecular flexibility index (Phi) is 5.60. The van der Waals surface area contributed by atoms with Gasteiger partial charge in [-0.25, -0.2) is 0 Å². The van der Waals surface area contributed by atoms with Crippen molar-refractivity contribution in [3.8, 4) is 0 Å². The van der Waals surface area contributed by atoms with Crippen LogP contribution in [-0.2, 0) is 4.79 Å². The number of carbonyl (C=O) groups is 1. The fraction of sp³-hybridized carbons (Fsp3) is 0.812. The number of nitrogens with one attached hydrogen (secondary N) is 1. The van der Waals surface area contributed by atoms with E-state index in [4.69, 9.17) is 0 Å². The summed E-state index contributed by atoms with van der Waals surface area (Å²) in [4.78, 5) is 14.4. The number of nitrogens with zero attached hydrogens (tertiary/aromatic N) is 1. The molecule has 1 amide bonds. The smallest absolute Gasteiger partial charge is 0.244 e. The first-order valence-corrected chi connectivity index (χ1v) is 7.49. The first-order valence-electron chi connectivity index (χ1n) is 7.49. The van der Waals surface area contributed by atoms with Gasteiger partial charge in [-0.15, -0.1) is 0 Å². The van der Waals surface area contributed by atoms with E-state index >= 15 is 0 Å². The Morgan fingerprint density at radius 1 is 1.21 bits per heavy atom. The highest BCUT2D eigenvalue weighted by atomic mass is 16.1. The third-order valence-electron chi connectivity index (χ3n) is 4.84. The van der Waals surface area contributed by atoms with Crippen molar-refractivity contribution < 1.29 is 4.79 Å². The highest BCUT2D eigenvalue weighted by Crippen LogP contribution is 2.33.